The zero-order valence-corrected chi connectivity index (χ0v) is 23.7. The molecular formula is C33H38N4O4. The SMILES string of the molecule is CCc1c[nH]c2c(N3CCCC3=O)cc(C(=O)N[C@@H](Cc3ccccc3)[C@@H](O)CNCc3cccc(OC)c3)cc12. The van der Waals surface area contributed by atoms with Crippen molar-refractivity contribution < 1.29 is 19.4 Å². The molecule has 8 nitrogen and oxygen atoms in total. The maximum Gasteiger partial charge on any atom is 0.251 e. The van der Waals surface area contributed by atoms with Gasteiger partial charge in [0.05, 0.1) is 30.5 Å². The minimum absolute atomic E-state index is 0.0657. The Morgan fingerprint density at radius 1 is 1.10 bits per heavy atom. The number of nitrogens with zero attached hydrogens (tertiary/aromatic N) is 1. The number of H-pyrrole nitrogens is 1. The number of methoxy groups -OCH3 is 1. The number of nitrogens with one attached hydrogen (secondary N) is 3. The molecule has 2 atom stereocenters. The Kier molecular flexibility index (Phi) is 9.01. The second-order valence-electron chi connectivity index (χ2n) is 10.6. The number of rotatable bonds is 12. The van der Waals surface area contributed by atoms with Crippen LogP contribution in [0.5, 0.6) is 5.75 Å². The summed E-state index contributed by atoms with van der Waals surface area (Å²) in [5.74, 6) is 0.562. The number of amides is 2. The first-order valence-electron chi connectivity index (χ1n) is 14.3. The summed E-state index contributed by atoms with van der Waals surface area (Å²) in [7, 11) is 1.63. The van der Waals surface area contributed by atoms with Crippen LogP contribution in [0.4, 0.5) is 5.69 Å². The number of aromatic nitrogens is 1. The summed E-state index contributed by atoms with van der Waals surface area (Å²) in [5, 5.41) is 18.6. The fourth-order valence-electron chi connectivity index (χ4n) is 5.50. The Balaban J connectivity index is 1.37. The van der Waals surface area contributed by atoms with Crippen LogP contribution in [-0.4, -0.2) is 54.2 Å². The number of ether oxygens (including phenoxy) is 1. The van der Waals surface area contributed by atoms with Gasteiger partial charge in [0.2, 0.25) is 5.91 Å². The van der Waals surface area contributed by atoms with Crippen molar-refractivity contribution in [2.45, 2.75) is 51.3 Å². The largest absolute Gasteiger partial charge is 0.497 e. The molecule has 5 rings (SSSR count). The Morgan fingerprint density at radius 2 is 1.90 bits per heavy atom. The summed E-state index contributed by atoms with van der Waals surface area (Å²) in [4.78, 5) is 31.5. The Hall–Kier alpha value is -4.14. The fraction of sp³-hybridized carbons (Fsp3) is 0.333. The average molecular weight is 555 g/mol. The molecule has 0 unspecified atom stereocenters. The van der Waals surface area contributed by atoms with Crippen LogP contribution in [0.3, 0.4) is 0 Å². The maximum atomic E-state index is 13.8. The molecule has 1 aliphatic heterocycles. The van der Waals surface area contributed by atoms with Crippen molar-refractivity contribution in [3.63, 3.8) is 0 Å². The van der Waals surface area contributed by atoms with Gasteiger partial charge in [-0.2, -0.15) is 0 Å². The van der Waals surface area contributed by atoms with Gasteiger partial charge in [0.25, 0.3) is 5.91 Å². The normalized spacial score (nSPS) is 14.8. The van der Waals surface area contributed by atoms with Gasteiger partial charge in [0.15, 0.2) is 0 Å². The van der Waals surface area contributed by atoms with Crippen molar-refractivity contribution in [3.05, 3.63) is 95.2 Å². The monoisotopic (exact) mass is 554 g/mol. The number of fused-ring (bicyclic) bond motifs is 1. The van der Waals surface area contributed by atoms with Crippen molar-refractivity contribution in [2.75, 3.05) is 25.1 Å². The van der Waals surface area contributed by atoms with Gasteiger partial charge in [-0.15, -0.1) is 0 Å². The summed E-state index contributed by atoms with van der Waals surface area (Å²) >= 11 is 0. The van der Waals surface area contributed by atoms with E-state index in [9.17, 15) is 14.7 Å². The van der Waals surface area contributed by atoms with Crippen LogP contribution < -0.4 is 20.3 Å². The molecule has 2 amide bonds. The molecule has 214 valence electrons. The quantitative estimate of drug-likeness (QED) is 0.208. The molecule has 4 aromatic rings. The lowest BCUT2D eigenvalue weighted by Crippen LogP contribution is -2.48. The second kappa shape index (κ2) is 13.0. The summed E-state index contributed by atoms with van der Waals surface area (Å²) < 4.78 is 5.31. The number of carbonyl (C=O) groups excluding carboxylic acids is 2. The maximum absolute atomic E-state index is 13.8. The summed E-state index contributed by atoms with van der Waals surface area (Å²) in [5.41, 5.74) is 5.21. The van der Waals surface area contributed by atoms with Crippen molar-refractivity contribution in [2.24, 2.45) is 0 Å². The molecule has 2 heterocycles. The summed E-state index contributed by atoms with van der Waals surface area (Å²) in [6.07, 6.45) is 3.68. The van der Waals surface area contributed by atoms with E-state index in [1.165, 1.54) is 0 Å². The van der Waals surface area contributed by atoms with Crippen LogP contribution in [-0.2, 0) is 24.2 Å². The van der Waals surface area contributed by atoms with Gasteiger partial charge in [-0.05, 0) is 60.2 Å². The zero-order valence-electron chi connectivity index (χ0n) is 23.7. The third kappa shape index (κ3) is 6.61. The van der Waals surface area contributed by atoms with Gasteiger partial charge in [-0.3, -0.25) is 9.59 Å². The molecule has 1 aromatic heterocycles. The van der Waals surface area contributed by atoms with E-state index in [2.05, 4.69) is 22.5 Å². The van der Waals surface area contributed by atoms with E-state index >= 15 is 0 Å². The number of aliphatic hydroxyl groups is 1. The first-order chi connectivity index (χ1) is 20.0. The standard InChI is InChI=1S/C33H38N4O4/c1-3-24-20-35-32-27(24)17-25(18-29(32)37-14-8-13-31(37)39)33(40)36-28(16-22-9-5-4-6-10-22)30(38)21-34-19-23-11-7-12-26(15-23)41-2/h4-7,9-12,15,17-18,20,28,30,34-35,38H,3,8,13-14,16,19,21H2,1-2H3,(H,36,40)/t28-,30-/m0/s1. The molecule has 0 spiro atoms. The highest BCUT2D eigenvalue weighted by molar-refractivity contribution is 6.08. The molecule has 0 aliphatic carbocycles. The molecule has 8 heteroatoms. The fourth-order valence-corrected chi connectivity index (χ4v) is 5.50. The number of aliphatic hydroxyl groups excluding tert-OH is 1. The second-order valence-corrected chi connectivity index (χ2v) is 10.6. The third-order valence-corrected chi connectivity index (χ3v) is 7.76. The van der Waals surface area contributed by atoms with E-state index in [4.69, 9.17) is 4.74 Å². The lowest BCUT2D eigenvalue weighted by atomic mass is 9.99. The van der Waals surface area contributed by atoms with E-state index in [-0.39, 0.29) is 11.8 Å². The topological polar surface area (TPSA) is 107 Å². The minimum atomic E-state index is -0.841. The van der Waals surface area contributed by atoms with Crippen molar-refractivity contribution in [3.8, 4) is 5.75 Å². The molecule has 1 fully saturated rings. The van der Waals surface area contributed by atoms with E-state index in [0.717, 1.165) is 51.9 Å². The van der Waals surface area contributed by atoms with E-state index in [1.807, 2.05) is 66.9 Å². The molecule has 4 N–H and O–H groups in total. The first-order valence-corrected chi connectivity index (χ1v) is 14.3. The molecule has 41 heavy (non-hydrogen) atoms. The number of aryl methyl sites for hydroxylation is 1. The highest BCUT2D eigenvalue weighted by Crippen LogP contribution is 2.33. The molecular weight excluding hydrogens is 516 g/mol. The van der Waals surface area contributed by atoms with Crippen LogP contribution in [0.1, 0.15) is 46.8 Å². The minimum Gasteiger partial charge on any atom is -0.497 e. The van der Waals surface area contributed by atoms with Gasteiger partial charge < -0.3 is 30.4 Å². The first kappa shape index (κ1) is 28.4. The predicted molar refractivity (Wildman–Crippen MR) is 161 cm³/mol. The number of benzene rings is 3. The predicted octanol–water partition coefficient (Wildman–Crippen LogP) is 4.36. The lowest BCUT2D eigenvalue weighted by Gasteiger charge is -2.25. The van der Waals surface area contributed by atoms with E-state index in [1.54, 1.807) is 18.1 Å². The van der Waals surface area contributed by atoms with Crippen molar-refractivity contribution >= 4 is 28.4 Å². The van der Waals surface area contributed by atoms with Crippen molar-refractivity contribution in [1.29, 1.82) is 0 Å². The lowest BCUT2D eigenvalue weighted by molar-refractivity contribution is -0.117. The molecule has 1 aliphatic rings. The van der Waals surface area contributed by atoms with Gasteiger partial charge in [0, 0.05) is 43.2 Å². The van der Waals surface area contributed by atoms with E-state index in [0.29, 0.717) is 38.0 Å². The van der Waals surface area contributed by atoms with Crippen LogP contribution in [0.15, 0.2) is 72.9 Å². The van der Waals surface area contributed by atoms with Crippen LogP contribution >= 0.6 is 0 Å². The van der Waals surface area contributed by atoms with Crippen LogP contribution in [0.25, 0.3) is 10.9 Å². The van der Waals surface area contributed by atoms with Crippen LogP contribution in [0.2, 0.25) is 0 Å². The Morgan fingerprint density at radius 3 is 2.63 bits per heavy atom. The zero-order chi connectivity index (χ0) is 28.8. The number of hydrogen-bond donors (Lipinski definition) is 4. The van der Waals surface area contributed by atoms with E-state index < -0.39 is 12.1 Å². The molecule has 0 bridgehead atoms. The highest BCUT2D eigenvalue weighted by Gasteiger charge is 2.27. The van der Waals surface area contributed by atoms with Gasteiger partial charge >= 0.3 is 0 Å². The molecule has 0 radical (unpaired) electrons. The third-order valence-electron chi connectivity index (χ3n) is 7.76. The van der Waals surface area contributed by atoms with Gasteiger partial charge in [0.1, 0.15) is 5.75 Å². The molecule has 3 aromatic carbocycles. The smallest absolute Gasteiger partial charge is 0.251 e. The number of hydrogen-bond acceptors (Lipinski definition) is 5. The summed E-state index contributed by atoms with van der Waals surface area (Å²) in [6, 6.07) is 20.7. The summed E-state index contributed by atoms with van der Waals surface area (Å²) in [6.45, 7) is 3.55. The highest BCUT2D eigenvalue weighted by atomic mass is 16.5. The number of anilines is 1. The number of carbonyl (C=O) groups is 2. The molecule has 0 saturated carbocycles. The molecule has 1 saturated heterocycles. The van der Waals surface area contributed by atoms with Gasteiger partial charge in [-0.1, -0.05) is 49.4 Å². The van der Waals surface area contributed by atoms with Gasteiger partial charge in [-0.25, -0.2) is 0 Å². The average Bonchev–Trinajstić information content (AvgIpc) is 3.62. The Bertz CT molecular complexity index is 1500. The van der Waals surface area contributed by atoms with Crippen LogP contribution in [0, 0.1) is 0 Å². The Labute approximate surface area is 240 Å². The number of aromatic amines is 1. The van der Waals surface area contributed by atoms with Crippen molar-refractivity contribution in [1.82, 2.24) is 15.6 Å².